The third-order valence-electron chi connectivity index (χ3n) is 16.2. The van der Waals surface area contributed by atoms with E-state index in [0.717, 1.165) is 6.42 Å². The van der Waals surface area contributed by atoms with Crippen LogP contribution in [0.25, 0.3) is 133 Å². The van der Waals surface area contributed by atoms with Crippen LogP contribution >= 0.6 is 0 Å². The van der Waals surface area contributed by atoms with Crippen molar-refractivity contribution < 1.29 is 0 Å². The average Bonchev–Trinajstić information content (AvgIpc) is 3.52. The Balaban J connectivity index is 0.684. The molecular weight excluding hydrogens is 889 g/mol. The van der Waals surface area contributed by atoms with Crippen LogP contribution in [0.4, 0.5) is 0 Å². The third-order valence-corrected chi connectivity index (χ3v) is 16.2. The van der Waals surface area contributed by atoms with Crippen LogP contribution in [0.1, 0.15) is 28.2 Å². The van der Waals surface area contributed by atoms with Crippen LogP contribution in [0.2, 0.25) is 0 Å². The zero-order valence-electron chi connectivity index (χ0n) is 40.8. The van der Waals surface area contributed by atoms with Crippen molar-refractivity contribution >= 4 is 54.7 Å². The lowest BCUT2D eigenvalue weighted by Crippen LogP contribution is -2.10. The molecule has 13 aromatic carbocycles. The van der Waals surface area contributed by atoms with E-state index >= 15 is 0 Å². The van der Waals surface area contributed by atoms with Gasteiger partial charge in [-0.2, -0.15) is 0 Å². The van der Waals surface area contributed by atoms with Crippen LogP contribution in [0.5, 0.6) is 0 Å². The predicted molar refractivity (Wildman–Crippen MR) is 316 cm³/mol. The Bertz CT molecular complexity index is 4350. The lowest BCUT2D eigenvalue weighted by atomic mass is 9.74. The van der Waals surface area contributed by atoms with E-state index in [4.69, 9.17) is 0 Å². The van der Waals surface area contributed by atoms with Gasteiger partial charge in [-0.3, -0.25) is 0 Å². The van der Waals surface area contributed by atoms with Gasteiger partial charge in [-0.25, -0.2) is 0 Å². The van der Waals surface area contributed by atoms with Crippen molar-refractivity contribution in [3.05, 3.63) is 289 Å². The van der Waals surface area contributed by atoms with Crippen LogP contribution in [0.3, 0.4) is 0 Å². The Labute approximate surface area is 431 Å². The highest BCUT2D eigenvalue weighted by molar-refractivity contribution is 6.27. The van der Waals surface area contributed by atoms with Crippen LogP contribution < -0.4 is 0 Å². The lowest BCUT2D eigenvalue weighted by molar-refractivity contribution is 1.08. The molecule has 0 nitrogen and oxygen atoms in total. The molecule has 0 saturated carbocycles. The maximum Gasteiger partial charge on any atom is 0.0276 e. The van der Waals surface area contributed by atoms with Crippen molar-refractivity contribution in [2.24, 2.45) is 0 Å². The molecule has 15 rings (SSSR count). The number of hydrogen-bond donors (Lipinski definition) is 0. The van der Waals surface area contributed by atoms with E-state index in [9.17, 15) is 0 Å². The molecule has 0 saturated heterocycles. The molecule has 74 heavy (non-hydrogen) atoms. The minimum absolute atomic E-state index is 0.233. The fourth-order valence-corrected chi connectivity index (χ4v) is 12.4. The van der Waals surface area contributed by atoms with Gasteiger partial charge in [0, 0.05) is 5.92 Å². The summed E-state index contributed by atoms with van der Waals surface area (Å²) in [6.07, 6.45) is 8.16. The van der Waals surface area contributed by atoms with Crippen molar-refractivity contribution in [2.45, 2.75) is 12.3 Å². The van der Waals surface area contributed by atoms with Gasteiger partial charge in [0.15, 0.2) is 0 Å². The zero-order chi connectivity index (χ0) is 48.7. The van der Waals surface area contributed by atoms with E-state index in [1.165, 1.54) is 149 Å². The van der Waals surface area contributed by atoms with Crippen molar-refractivity contribution in [3.63, 3.8) is 0 Å². The number of allylic oxidation sites excluding steroid dienone is 3. The smallest absolute Gasteiger partial charge is 0.0276 e. The normalized spacial score (nSPS) is 13.8. The maximum absolute atomic E-state index is 2.48. The molecule has 0 aromatic heterocycles. The van der Waals surface area contributed by atoms with Gasteiger partial charge in [-0.05, 0) is 155 Å². The summed E-state index contributed by atoms with van der Waals surface area (Å²) in [7, 11) is 0. The molecule has 0 amide bonds. The molecule has 0 fully saturated rings. The standard InChI is InChI=1S/C74H48/c1-3-7-47(8-4-1)49-15-23-55(24-16-49)63-39-31-59-37-45-69-65(41-33-61-35-43-67(63)71(59)73(61)69)57-27-19-53(20-28-57)51-11-13-52(14-12-51)54-21-29-58(30-22-54)66-42-34-62-36-44-68-64(40-32-60-38-46-70(66)74(62)72(60)68)56-25-17-50(18-26-56)48-9-5-2-6-10-48/h1-35,37-46,64H,36H2. The predicted octanol–water partition coefficient (Wildman–Crippen LogP) is 20.2. The Hall–Kier alpha value is -9.36. The summed E-state index contributed by atoms with van der Waals surface area (Å²) in [5.41, 5.74) is 24.2. The van der Waals surface area contributed by atoms with Gasteiger partial charge >= 0.3 is 0 Å². The molecule has 1 atom stereocenters. The molecule has 0 heteroatoms. The van der Waals surface area contributed by atoms with Crippen LogP contribution in [0.15, 0.2) is 267 Å². The van der Waals surface area contributed by atoms with Crippen LogP contribution in [-0.2, 0) is 6.42 Å². The van der Waals surface area contributed by atoms with Crippen molar-refractivity contribution in [2.75, 3.05) is 0 Å². The molecule has 13 aromatic rings. The summed E-state index contributed by atoms with van der Waals surface area (Å²) in [6, 6.07) is 94.7. The number of hydrogen-bond acceptors (Lipinski definition) is 0. The second-order valence-electron chi connectivity index (χ2n) is 20.2. The minimum atomic E-state index is 0.233. The highest BCUT2D eigenvalue weighted by Gasteiger charge is 2.28. The molecule has 2 aliphatic rings. The molecule has 2 aliphatic carbocycles. The molecular formula is C74H48. The van der Waals surface area contributed by atoms with E-state index in [2.05, 4.69) is 273 Å². The quantitative estimate of drug-likeness (QED) is 0.133. The summed E-state index contributed by atoms with van der Waals surface area (Å²) < 4.78 is 0. The fourth-order valence-electron chi connectivity index (χ4n) is 12.4. The molecule has 344 valence electrons. The second-order valence-corrected chi connectivity index (χ2v) is 20.2. The van der Waals surface area contributed by atoms with E-state index in [0.29, 0.717) is 0 Å². The largest absolute Gasteiger partial charge is 0.0753 e. The van der Waals surface area contributed by atoms with Gasteiger partial charge in [-0.1, -0.05) is 273 Å². The first-order valence-electron chi connectivity index (χ1n) is 26.0. The molecule has 0 bridgehead atoms. The molecule has 0 N–H and O–H groups in total. The van der Waals surface area contributed by atoms with Crippen molar-refractivity contribution in [3.8, 4) is 77.9 Å². The Morgan fingerprint density at radius 2 is 0.649 bits per heavy atom. The number of benzene rings is 13. The lowest BCUT2D eigenvalue weighted by Gasteiger charge is -2.30. The molecule has 0 heterocycles. The fraction of sp³-hybridized carbons (Fsp3) is 0.0270. The average molecular weight is 937 g/mol. The molecule has 0 radical (unpaired) electrons. The summed E-state index contributed by atoms with van der Waals surface area (Å²) in [4.78, 5) is 0. The van der Waals surface area contributed by atoms with E-state index < -0.39 is 0 Å². The Morgan fingerprint density at radius 3 is 1.11 bits per heavy atom. The Kier molecular flexibility index (Phi) is 9.82. The van der Waals surface area contributed by atoms with Crippen molar-refractivity contribution in [1.82, 2.24) is 0 Å². The first-order chi connectivity index (χ1) is 36.7. The highest BCUT2D eigenvalue weighted by atomic mass is 14.3. The first kappa shape index (κ1) is 42.3. The molecule has 1 unspecified atom stereocenters. The van der Waals surface area contributed by atoms with E-state index in [-0.39, 0.29) is 5.92 Å². The van der Waals surface area contributed by atoms with Gasteiger partial charge in [-0.15, -0.1) is 0 Å². The van der Waals surface area contributed by atoms with Gasteiger partial charge in [0.2, 0.25) is 0 Å². The highest BCUT2D eigenvalue weighted by Crippen LogP contribution is 2.49. The van der Waals surface area contributed by atoms with Gasteiger partial charge < -0.3 is 0 Å². The Morgan fingerprint density at radius 1 is 0.284 bits per heavy atom. The summed E-state index contributed by atoms with van der Waals surface area (Å²) >= 11 is 0. The van der Waals surface area contributed by atoms with Gasteiger partial charge in [0.05, 0.1) is 0 Å². The number of rotatable bonds is 8. The van der Waals surface area contributed by atoms with Crippen LogP contribution in [-0.4, -0.2) is 0 Å². The maximum atomic E-state index is 2.48. The molecule has 0 aliphatic heterocycles. The van der Waals surface area contributed by atoms with E-state index in [1.807, 2.05) is 0 Å². The first-order valence-corrected chi connectivity index (χ1v) is 26.0. The summed E-state index contributed by atoms with van der Waals surface area (Å²) in [5, 5.41) is 10.5. The topological polar surface area (TPSA) is 0 Å². The van der Waals surface area contributed by atoms with Gasteiger partial charge in [0.1, 0.15) is 0 Å². The summed E-state index contributed by atoms with van der Waals surface area (Å²) in [6.45, 7) is 0. The zero-order valence-corrected chi connectivity index (χ0v) is 40.8. The second kappa shape index (κ2) is 17.2. The summed E-state index contributed by atoms with van der Waals surface area (Å²) in [5.74, 6) is 0.233. The molecule has 0 spiro atoms. The SMILES string of the molecule is C1=CC(c2ccc(-c3ccccc3)cc2)C2=CCc3ccc(-c4ccc(-c5ccc(-c6ccc(-c7ccc8ccc9c(-c%10ccc(-c%11ccccc%11)cc%10)ccc%10ccc7c8c%109)cc6)cc5)cc4)c4ccc1c2c34. The van der Waals surface area contributed by atoms with Crippen molar-refractivity contribution in [1.29, 1.82) is 0 Å². The minimum Gasteiger partial charge on any atom is -0.0753 e. The van der Waals surface area contributed by atoms with Gasteiger partial charge in [0.25, 0.3) is 0 Å². The van der Waals surface area contributed by atoms with E-state index in [1.54, 1.807) is 0 Å². The van der Waals surface area contributed by atoms with Crippen LogP contribution in [0, 0.1) is 0 Å². The monoisotopic (exact) mass is 936 g/mol. The third kappa shape index (κ3) is 6.98.